The van der Waals surface area contributed by atoms with E-state index < -0.39 is 17.8 Å². The summed E-state index contributed by atoms with van der Waals surface area (Å²) in [5.41, 5.74) is 0.121. The summed E-state index contributed by atoms with van der Waals surface area (Å²) in [5, 5.41) is 8.58. The highest BCUT2D eigenvalue weighted by molar-refractivity contribution is 9.10. The van der Waals surface area contributed by atoms with E-state index in [9.17, 15) is 18.0 Å². The first kappa shape index (κ1) is 19.9. The minimum absolute atomic E-state index is 0.00273. The zero-order valence-electron chi connectivity index (χ0n) is 14.5. The van der Waals surface area contributed by atoms with E-state index >= 15 is 0 Å². The van der Waals surface area contributed by atoms with E-state index in [1.54, 1.807) is 0 Å². The van der Waals surface area contributed by atoms with Crippen molar-refractivity contribution in [2.75, 3.05) is 10.6 Å². The predicted molar refractivity (Wildman–Crippen MR) is 98.7 cm³/mol. The van der Waals surface area contributed by atoms with Crippen molar-refractivity contribution in [1.29, 1.82) is 0 Å². The summed E-state index contributed by atoms with van der Waals surface area (Å²) in [4.78, 5) is 12.0. The van der Waals surface area contributed by atoms with Crippen molar-refractivity contribution in [3.05, 3.63) is 70.3 Å². The quantitative estimate of drug-likeness (QED) is 0.544. The molecule has 2 aromatic carbocycles. The third-order valence-corrected chi connectivity index (χ3v) is 4.45. The van der Waals surface area contributed by atoms with Crippen molar-refractivity contribution in [2.24, 2.45) is 0 Å². The lowest BCUT2D eigenvalue weighted by Gasteiger charge is -2.09. The second-order valence-corrected chi connectivity index (χ2v) is 6.85. The molecule has 0 radical (unpaired) electrons. The molecule has 1 aromatic heterocycles. The number of carbonyl (C=O) groups excluding carboxylic acids is 1. The second-order valence-electron chi connectivity index (χ2n) is 5.93. The van der Waals surface area contributed by atoms with E-state index in [4.69, 9.17) is 4.52 Å². The van der Waals surface area contributed by atoms with Gasteiger partial charge in [-0.25, -0.2) is 4.79 Å². The van der Waals surface area contributed by atoms with Gasteiger partial charge in [0.15, 0.2) is 0 Å². The molecule has 0 fully saturated rings. The first-order valence-electron chi connectivity index (χ1n) is 8.11. The van der Waals surface area contributed by atoms with Crippen LogP contribution < -0.4 is 15.3 Å². The largest absolute Gasteiger partial charge is 0.416 e. The number of hydrogen-bond acceptors (Lipinski definition) is 3. The molecule has 3 aromatic rings. The van der Waals surface area contributed by atoms with Gasteiger partial charge >= 0.3 is 18.1 Å². The van der Waals surface area contributed by atoms with Crippen molar-refractivity contribution >= 4 is 33.5 Å². The number of rotatable bonds is 4. The van der Waals surface area contributed by atoms with Gasteiger partial charge in [-0.05, 0) is 35.0 Å². The van der Waals surface area contributed by atoms with Gasteiger partial charge in [0.05, 0.1) is 5.56 Å². The average Bonchev–Trinajstić information content (AvgIpc) is 3.09. The number of anilines is 2. The molecule has 2 N–H and O–H groups in total. The summed E-state index contributed by atoms with van der Waals surface area (Å²) in [6.07, 6.45) is -3.01. The first-order valence-corrected chi connectivity index (χ1v) is 8.90. The molecule has 1 atom stereocenters. The van der Waals surface area contributed by atoms with E-state index in [0.29, 0.717) is 0 Å². The molecular formula is C18H15BrF3N4O2+. The van der Waals surface area contributed by atoms with Crippen molar-refractivity contribution in [2.45, 2.75) is 19.1 Å². The number of nitrogens with zero attached hydrogens (tertiary/aromatic N) is 2. The lowest BCUT2D eigenvalue weighted by molar-refractivity contribution is -0.774. The average molecular weight is 456 g/mol. The topological polar surface area (TPSA) is 71.0 Å². The highest BCUT2D eigenvalue weighted by Gasteiger charge is 2.30. The van der Waals surface area contributed by atoms with E-state index in [1.165, 1.54) is 23.0 Å². The van der Waals surface area contributed by atoms with Crippen LogP contribution in [0.2, 0.25) is 0 Å². The summed E-state index contributed by atoms with van der Waals surface area (Å²) in [6.45, 7) is 1.90. The van der Waals surface area contributed by atoms with E-state index in [2.05, 4.69) is 31.8 Å². The standard InChI is InChI=1S/C18H14BrF3N4O2/c1-11(12-5-7-14(19)8-6-12)26-10-16(28-25-26)24-17(27)23-15-4-2-3-13(9-15)18(20,21)22/h2-11H,1H3,(H-,23,24,25,27)/p+1. The van der Waals surface area contributed by atoms with Crippen molar-refractivity contribution in [3.63, 3.8) is 0 Å². The van der Waals surface area contributed by atoms with Crippen LogP contribution in [0.5, 0.6) is 0 Å². The fourth-order valence-corrected chi connectivity index (χ4v) is 2.70. The van der Waals surface area contributed by atoms with Gasteiger partial charge in [0.1, 0.15) is 0 Å². The lowest BCUT2D eigenvalue weighted by atomic mass is 10.1. The van der Waals surface area contributed by atoms with E-state index in [-0.39, 0.29) is 17.6 Å². The van der Waals surface area contributed by atoms with Gasteiger partial charge in [-0.3, -0.25) is 9.84 Å². The zero-order valence-corrected chi connectivity index (χ0v) is 16.1. The fraction of sp³-hybridized carbons (Fsp3) is 0.167. The van der Waals surface area contributed by atoms with Crippen molar-refractivity contribution < 1.29 is 27.2 Å². The van der Waals surface area contributed by atoms with Gasteiger partial charge in [-0.2, -0.15) is 13.2 Å². The monoisotopic (exact) mass is 455 g/mol. The molecule has 0 saturated carbocycles. The summed E-state index contributed by atoms with van der Waals surface area (Å²) in [7, 11) is 0. The number of hydrogen-bond donors (Lipinski definition) is 2. The van der Waals surface area contributed by atoms with Gasteiger partial charge in [-0.15, -0.1) is 0 Å². The SMILES string of the molecule is CC(c1ccc(Br)cc1)[n+]1cc(NC(=O)Nc2cccc(C(F)(F)F)c2)on1. The Balaban J connectivity index is 1.65. The molecule has 0 spiro atoms. The Morgan fingerprint density at radius 3 is 2.57 bits per heavy atom. The number of aromatic nitrogens is 2. The third-order valence-electron chi connectivity index (χ3n) is 3.92. The molecule has 0 aliphatic rings. The summed E-state index contributed by atoms with van der Waals surface area (Å²) in [6, 6.07) is 11.1. The molecule has 0 aliphatic carbocycles. The number of nitrogens with one attached hydrogen (secondary N) is 2. The molecule has 2 amide bonds. The van der Waals surface area contributed by atoms with Crippen LogP contribution in [-0.4, -0.2) is 11.3 Å². The predicted octanol–water partition coefficient (Wildman–Crippen LogP) is 5.00. The Kier molecular flexibility index (Phi) is 5.68. The number of halogens is 4. The molecule has 1 heterocycles. The van der Waals surface area contributed by atoms with Gasteiger partial charge in [0, 0.05) is 22.6 Å². The summed E-state index contributed by atoms with van der Waals surface area (Å²) < 4.78 is 45.7. The Morgan fingerprint density at radius 1 is 1.18 bits per heavy atom. The number of carbonyl (C=O) groups is 1. The van der Waals surface area contributed by atoms with Crippen molar-refractivity contribution in [3.8, 4) is 0 Å². The van der Waals surface area contributed by atoms with Gasteiger partial charge in [0.2, 0.25) is 11.3 Å². The number of amides is 2. The normalized spacial score (nSPS) is 12.5. The Bertz CT molecular complexity index is 973. The van der Waals surface area contributed by atoms with Crippen LogP contribution in [0.4, 0.5) is 29.5 Å². The summed E-state index contributed by atoms with van der Waals surface area (Å²) >= 11 is 3.37. The number of alkyl halides is 3. The highest BCUT2D eigenvalue weighted by Crippen LogP contribution is 2.30. The molecule has 28 heavy (non-hydrogen) atoms. The molecule has 1 unspecified atom stereocenters. The number of benzene rings is 2. The smallest absolute Gasteiger partial charge is 0.308 e. The van der Waals surface area contributed by atoms with Crippen LogP contribution in [0.3, 0.4) is 0 Å². The van der Waals surface area contributed by atoms with Gasteiger partial charge in [-0.1, -0.05) is 34.1 Å². The highest BCUT2D eigenvalue weighted by atomic mass is 79.9. The summed E-state index contributed by atoms with van der Waals surface area (Å²) in [5.74, 6) is 0.0495. The maximum Gasteiger partial charge on any atom is 0.416 e. The van der Waals surface area contributed by atoms with Crippen LogP contribution in [0.1, 0.15) is 24.1 Å². The molecule has 0 aliphatic heterocycles. The Morgan fingerprint density at radius 2 is 1.89 bits per heavy atom. The van der Waals surface area contributed by atoms with Crippen LogP contribution in [0, 0.1) is 0 Å². The molecular weight excluding hydrogens is 441 g/mol. The zero-order chi connectivity index (χ0) is 20.3. The molecule has 6 nitrogen and oxygen atoms in total. The molecule has 0 saturated heterocycles. The molecule has 146 valence electrons. The van der Waals surface area contributed by atoms with Crippen LogP contribution >= 0.6 is 15.9 Å². The molecule has 3 rings (SSSR count). The Labute approximate surface area is 166 Å². The van der Waals surface area contributed by atoms with Crippen LogP contribution in [-0.2, 0) is 6.18 Å². The van der Waals surface area contributed by atoms with E-state index in [1.807, 2.05) is 31.2 Å². The maximum atomic E-state index is 12.7. The van der Waals surface area contributed by atoms with Gasteiger partial charge in [0.25, 0.3) is 6.20 Å². The van der Waals surface area contributed by atoms with Crippen LogP contribution in [0.15, 0.2) is 63.7 Å². The first-order chi connectivity index (χ1) is 13.2. The van der Waals surface area contributed by atoms with Crippen molar-refractivity contribution in [1.82, 2.24) is 5.27 Å². The minimum atomic E-state index is -4.49. The fourth-order valence-electron chi connectivity index (χ4n) is 2.44. The second kappa shape index (κ2) is 8.01. The third kappa shape index (κ3) is 4.89. The Hall–Kier alpha value is -2.88. The lowest BCUT2D eigenvalue weighted by Crippen LogP contribution is -2.39. The van der Waals surface area contributed by atoms with E-state index in [0.717, 1.165) is 22.2 Å². The minimum Gasteiger partial charge on any atom is -0.308 e. The van der Waals surface area contributed by atoms with Gasteiger partial charge < -0.3 is 5.32 Å². The number of urea groups is 1. The molecule has 10 heteroatoms. The van der Waals surface area contributed by atoms with Crippen LogP contribution in [0.25, 0.3) is 0 Å². The maximum absolute atomic E-state index is 12.7. The molecule has 0 bridgehead atoms.